The molecule has 20 heavy (non-hydrogen) atoms. The largest absolute Gasteiger partial charge is 0.439 e. The lowest BCUT2D eigenvalue weighted by Crippen LogP contribution is -2.20. The van der Waals surface area contributed by atoms with Gasteiger partial charge in [-0.2, -0.15) is 0 Å². The lowest BCUT2D eigenvalue weighted by Gasteiger charge is -2.17. The molecule has 1 aromatic heterocycles. The Labute approximate surface area is 121 Å². The second-order valence-electron chi connectivity index (χ2n) is 4.99. The highest BCUT2D eigenvalue weighted by Gasteiger charge is 2.12. The van der Waals surface area contributed by atoms with Crippen LogP contribution < -0.4 is 10.1 Å². The topological polar surface area (TPSA) is 34.2 Å². The number of nitrogens with zero attached hydrogens (tertiary/aromatic N) is 1. The fourth-order valence-electron chi connectivity index (χ4n) is 2.01. The molecule has 2 rings (SSSR count). The van der Waals surface area contributed by atoms with Crippen molar-refractivity contribution >= 4 is 0 Å². The Bertz CT molecular complexity index is 537. The maximum atomic E-state index is 5.91. The van der Waals surface area contributed by atoms with Gasteiger partial charge < -0.3 is 10.1 Å². The molecule has 1 aromatic carbocycles. The molecule has 0 amide bonds. The van der Waals surface area contributed by atoms with E-state index in [1.54, 1.807) is 6.20 Å². The number of benzene rings is 1. The molecule has 1 N–H and O–H groups in total. The minimum atomic E-state index is 0.226. The van der Waals surface area contributed by atoms with Gasteiger partial charge in [0, 0.05) is 17.8 Å². The number of ether oxygens (including phenoxy) is 1. The highest BCUT2D eigenvalue weighted by atomic mass is 16.5. The summed E-state index contributed by atoms with van der Waals surface area (Å²) in [5.41, 5.74) is 2.30. The van der Waals surface area contributed by atoms with Crippen molar-refractivity contribution in [3.05, 3.63) is 53.7 Å². The summed E-state index contributed by atoms with van der Waals surface area (Å²) in [5, 5.41) is 3.46. The lowest BCUT2D eigenvalue weighted by atomic mass is 10.1. The molecule has 3 heteroatoms. The first-order valence-corrected chi connectivity index (χ1v) is 7.13. The van der Waals surface area contributed by atoms with Gasteiger partial charge in [0.2, 0.25) is 5.88 Å². The van der Waals surface area contributed by atoms with E-state index in [9.17, 15) is 0 Å². The first kappa shape index (κ1) is 14.5. The van der Waals surface area contributed by atoms with Gasteiger partial charge in [-0.25, -0.2) is 4.98 Å². The van der Waals surface area contributed by atoms with E-state index in [-0.39, 0.29) is 6.04 Å². The highest BCUT2D eigenvalue weighted by Crippen LogP contribution is 2.27. The third kappa shape index (κ3) is 3.81. The van der Waals surface area contributed by atoms with E-state index in [1.165, 1.54) is 5.56 Å². The maximum absolute atomic E-state index is 5.91. The van der Waals surface area contributed by atoms with E-state index in [0.29, 0.717) is 5.88 Å². The Morgan fingerprint density at radius 2 is 1.95 bits per heavy atom. The number of aryl methyl sites for hydroxylation is 1. The van der Waals surface area contributed by atoms with Crippen molar-refractivity contribution in [2.24, 2.45) is 0 Å². The fourth-order valence-corrected chi connectivity index (χ4v) is 2.01. The average molecular weight is 270 g/mol. The minimum Gasteiger partial charge on any atom is -0.439 e. The van der Waals surface area contributed by atoms with Crippen molar-refractivity contribution in [3.63, 3.8) is 0 Å². The fraction of sp³-hybridized carbons (Fsp3) is 0.353. The van der Waals surface area contributed by atoms with Gasteiger partial charge in [0.1, 0.15) is 5.75 Å². The van der Waals surface area contributed by atoms with Crippen LogP contribution in [0.15, 0.2) is 42.6 Å². The molecule has 1 heterocycles. The van der Waals surface area contributed by atoms with Crippen LogP contribution in [-0.4, -0.2) is 11.5 Å². The lowest BCUT2D eigenvalue weighted by molar-refractivity contribution is 0.442. The summed E-state index contributed by atoms with van der Waals surface area (Å²) in [7, 11) is 0. The van der Waals surface area contributed by atoms with Crippen molar-refractivity contribution in [3.8, 4) is 11.6 Å². The average Bonchev–Trinajstić information content (AvgIpc) is 2.48. The standard InChI is InChI=1S/C17H22N2O/c1-4-11-18-14(3)16-6-5-12-19-17(16)20-15-9-7-13(2)8-10-15/h5-10,12,14,18H,4,11H2,1-3H3. The Kier molecular flexibility index (Phi) is 5.13. The van der Waals surface area contributed by atoms with Crippen LogP contribution in [0.1, 0.15) is 37.4 Å². The van der Waals surface area contributed by atoms with E-state index in [2.05, 4.69) is 37.1 Å². The Balaban J connectivity index is 2.17. The molecule has 1 atom stereocenters. The molecule has 3 nitrogen and oxygen atoms in total. The van der Waals surface area contributed by atoms with Gasteiger partial charge in [0.25, 0.3) is 0 Å². The van der Waals surface area contributed by atoms with Gasteiger partial charge in [-0.05, 0) is 45.0 Å². The number of rotatable bonds is 6. The second kappa shape index (κ2) is 7.06. The zero-order chi connectivity index (χ0) is 14.4. The Morgan fingerprint density at radius 1 is 1.20 bits per heavy atom. The number of pyridine rings is 1. The molecule has 0 saturated carbocycles. The quantitative estimate of drug-likeness (QED) is 0.852. The summed E-state index contributed by atoms with van der Waals surface area (Å²) in [4.78, 5) is 4.36. The van der Waals surface area contributed by atoms with Crippen LogP contribution in [0, 0.1) is 6.92 Å². The predicted octanol–water partition coefficient (Wildman–Crippen LogP) is 4.24. The summed E-state index contributed by atoms with van der Waals surface area (Å²) in [6.45, 7) is 7.34. The van der Waals surface area contributed by atoms with Crippen LogP contribution >= 0.6 is 0 Å². The predicted molar refractivity (Wildman–Crippen MR) is 82.2 cm³/mol. The first-order chi connectivity index (χ1) is 9.70. The third-order valence-electron chi connectivity index (χ3n) is 3.20. The van der Waals surface area contributed by atoms with Crippen molar-refractivity contribution in [1.82, 2.24) is 10.3 Å². The number of aromatic nitrogens is 1. The molecule has 0 saturated heterocycles. The van der Waals surface area contributed by atoms with Crippen LogP contribution in [0.2, 0.25) is 0 Å². The van der Waals surface area contributed by atoms with Crippen molar-refractivity contribution in [1.29, 1.82) is 0 Å². The zero-order valence-electron chi connectivity index (χ0n) is 12.4. The third-order valence-corrected chi connectivity index (χ3v) is 3.20. The SMILES string of the molecule is CCCNC(C)c1cccnc1Oc1ccc(C)cc1. The number of hydrogen-bond acceptors (Lipinski definition) is 3. The molecule has 1 unspecified atom stereocenters. The van der Waals surface area contributed by atoms with Crippen molar-refractivity contribution in [2.45, 2.75) is 33.2 Å². The molecule has 0 bridgehead atoms. The van der Waals surface area contributed by atoms with Gasteiger partial charge in [0.05, 0.1) is 0 Å². The maximum Gasteiger partial charge on any atom is 0.223 e. The van der Waals surface area contributed by atoms with E-state index in [4.69, 9.17) is 4.74 Å². The van der Waals surface area contributed by atoms with Gasteiger partial charge in [-0.3, -0.25) is 0 Å². The van der Waals surface area contributed by atoms with Crippen LogP contribution in [0.5, 0.6) is 11.6 Å². The molecule has 0 aliphatic heterocycles. The number of nitrogens with one attached hydrogen (secondary N) is 1. The summed E-state index contributed by atoms with van der Waals surface area (Å²) in [6, 6.07) is 12.2. The molecule has 0 fully saturated rings. The molecular weight excluding hydrogens is 248 g/mol. The molecule has 0 radical (unpaired) electrons. The van der Waals surface area contributed by atoms with Gasteiger partial charge in [0.15, 0.2) is 0 Å². The molecule has 0 spiro atoms. The summed E-state index contributed by atoms with van der Waals surface area (Å²) in [6.07, 6.45) is 2.87. The summed E-state index contributed by atoms with van der Waals surface area (Å²) >= 11 is 0. The molecule has 0 aliphatic carbocycles. The van der Waals surface area contributed by atoms with Gasteiger partial charge in [-0.15, -0.1) is 0 Å². The Morgan fingerprint density at radius 3 is 2.65 bits per heavy atom. The zero-order valence-corrected chi connectivity index (χ0v) is 12.4. The van der Waals surface area contributed by atoms with E-state index < -0.39 is 0 Å². The van der Waals surface area contributed by atoms with E-state index in [0.717, 1.165) is 24.3 Å². The molecule has 106 valence electrons. The highest BCUT2D eigenvalue weighted by molar-refractivity contribution is 5.35. The smallest absolute Gasteiger partial charge is 0.223 e. The minimum absolute atomic E-state index is 0.226. The number of hydrogen-bond donors (Lipinski definition) is 1. The molecule has 2 aromatic rings. The van der Waals surface area contributed by atoms with Crippen LogP contribution in [0.4, 0.5) is 0 Å². The van der Waals surface area contributed by atoms with Crippen molar-refractivity contribution < 1.29 is 4.74 Å². The normalized spacial score (nSPS) is 12.2. The first-order valence-electron chi connectivity index (χ1n) is 7.13. The monoisotopic (exact) mass is 270 g/mol. The molecular formula is C17H22N2O. The molecule has 0 aliphatic rings. The van der Waals surface area contributed by atoms with Gasteiger partial charge in [-0.1, -0.05) is 30.7 Å². The van der Waals surface area contributed by atoms with Gasteiger partial charge >= 0.3 is 0 Å². The van der Waals surface area contributed by atoms with Crippen LogP contribution in [-0.2, 0) is 0 Å². The summed E-state index contributed by atoms with van der Waals surface area (Å²) < 4.78 is 5.91. The Hall–Kier alpha value is -1.87. The van der Waals surface area contributed by atoms with Crippen LogP contribution in [0.3, 0.4) is 0 Å². The van der Waals surface area contributed by atoms with Crippen LogP contribution in [0.25, 0.3) is 0 Å². The van der Waals surface area contributed by atoms with E-state index >= 15 is 0 Å². The second-order valence-corrected chi connectivity index (χ2v) is 4.99. The summed E-state index contributed by atoms with van der Waals surface area (Å²) in [5.74, 6) is 1.49. The van der Waals surface area contributed by atoms with E-state index in [1.807, 2.05) is 30.3 Å². The van der Waals surface area contributed by atoms with Crippen molar-refractivity contribution in [2.75, 3.05) is 6.54 Å².